The number of urea groups is 1. The lowest BCUT2D eigenvalue weighted by Crippen LogP contribution is -2.58. The van der Waals surface area contributed by atoms with Crippen molar-refractivity contribution in [3.8, 4) is 6.07 Å². The van der Waals surface area contributed by atoms with E-state index in [9.17, 15) is 10.1 Å². The summed E-state index contributed by atoms with van der Waals surface area (Å²) in [5, 5.41) is 14.9. The Hall–Kier alpha value is -1.28. The van der Waals surface area contributed by atoms with Gasteiger partial charge in [-0.2, -0.15) is 5.26 Å². The summed E-state index contributed by atoms with van der Waals surface area (Å²) in [5.41, 5.74) is -0.992. The van der Waals surface area contributed by atoms with Crippen LogP contribution in [0.25, 0.3) is 0 Å². The first kappa shape index (κ1) is 13.8. The molecule has 0 bridgehead atoms. The van der Waals surface area contributed by atoms with Crippen LogP contribution in [0.4, 0.5) is 4.79 Å². The van der Waals surface area contributed by atoms with Gasteiger partial charge in [-0.15, -0.1) is 0 Å². The molecular formula is C12H22N4O. The zero-order chi connectivity index (χ0) is 13.1. The quantitative estimate of drug-likeness (QED) is 0.718. The van der Waals surface area contributed by atoms with Gasteiger partial charge in [0.05, 0.1) is 6.07 Å². The van der Waals surface area contributed by atoms with Crippen LogP contribution in [0.3, 0.4) is 0 Å². The van der Waals surface area contributed by atoms with Gasteiger partial charge in [0.2, 0.25) is 0 Å². The molecule has 0 atom stereocenters. The molecular weight excluding hydrogens is 216 g/mol. The van der Waals surface area contributed by atoms with Gasteiger partial charge >= 0.3 is 6.03 Å². The van der Waals surface area contributed by atoms with Crippen LogP contribution in [0.1, 0.15) is 33.6 Å². The molecule has 1 saturated heterocycles. The Balaban J connectivity index is 2.59. The average molecular weight is 238 g/mol. The highest BCUT2D eigenvalue weighted by Gasteiger charge is 2.35. The lowest BCUT2D eigenvalue weighted by atomic mass is 9.89. The third-order valence-corrected chi connectivity index (χ3v) is 2.90. The number of nitrogens with one attached hydrogen (secondary N) is 2. The minimum absolute atomic E-state index is 0.261. The number of nitriles is 1. The van der Waals surface area contributed by atoms with Crippen molar-refractivity contribution in [3.63, 3.8) is 0 Å². The number of carbonyl (C=O) groups is 1. The molecule has 17 heavy (non-hydrogen) atoms. The van der Waals surface area contributed by atoms with Crippen molar-refractivity contribution in [2.45, 2.75) is 44.7 Å². The zero-order valence-electron chi connectivity index (χ0n) is 11.1. The molecule has 1 aliphatic rings. The monoisotopic (exact) mass is 238 g/mol. The van der Waals surface area contributed by atoms with E-state index in [2.05, 4.69) is 21.6 Å². The Labute approximate surface area is 103 Å². The molecule has 0 aromatic carbocycles. The maximum Gasteiger partial charge on any atom is 0.316 e. The number of nitrogens with zero attached hydrogens (tertiary/aromatic N) is 2. The molecule has 0 aromatic heterocycles. The van der Waals surface area contributed by atoms with Crippen molar-refractivity contribution >= 4 is 6.03 Å². The first-order chi connectivity index (χ1) is 7.76. The van der Waals surface area contributed by atoms with Gasteiger partial charge in [-0.05, 0) is 40.7 Å². The second-order valence-electron chi connectivity index (χ2n) is 5.83. The smallest absolute Gasteiger partial charge is 0.316 e. The maximum absolute atomic E-state index is 11.8. The fourth-order valence-electron chi connectivity index (χ4n) is 1.85. The second-order valence-corrected chi connectivity index (χ2v) is 5.83. The molecule has 1 fully saturated rings. The molecule has 0 radical (unpaired) electrons. The highest BCUT2D eigenvalue weighted by Crippen LogP contribution is 2.20. The summed E-state index contributed by atoms with van der Waals surface area (Å²) in [6, 6.07) is 2.00. The SMILES string of the molecule is CN1CCC(C#N)(NC(=O)NC(C)(C)C)CC1. The van der Waals surface area contributed by atoms with Gasteiger partial charge in [0.25, 0.3) is 0 Å². The molecule has 1 heterocycles. The molecule has 5 nitrogen and oxygen atoms in total. The molecule has 0 unspecified atom stereocenters. The van der Waals surface area contributed by atoms with E-state index in [0.29, 0.717) is 12.8 Å². The summed E-state index contributed by atoms with van der Waals surface area (Å²) >= 11 is 0. The molecule has 0 aromatic rings. The zero-order valence-corrected chi connectivity index (χ0v) is 11.1. The normalized spacial score (nSPS) is 20.4. The fraction of sp³-hybridized carbons (Fsp3) is 0.833. The molecule has 1 rings (SSSR count). The number of amides is 2. The van der Waals surface area contributed by atoms with Crippen molar-refractivity contribution in [1.29, 1.82) is 5.26 Å². The summed E-state index contributed by atoms with van der Waals surface area (Å²) < 4.78 is 0. The number of hydrogen-bond acceptors (Lipinski definition) is 3. The van der Waals surface area contributed by atoms with E-state index in [-0.39, 0.29) is 11.6 Å². The molecule has 2 N–H and O–H groups in total. The van der Waals surface area contributed by atoms with Gasteiger partial charge in [-0.3, -0.25) is 0 Å². The van der Waals surface area contributed by atoms with Crippen LogP contribution in [0.15, 0.2) is 0 Å². The van der Waals surface area contributed by atoms with Crippen LogP contribution < -0.4 is 10.6 Å². The van der Waals surface area contributed by atoms with E-state index in [1.165, 1.54) is 0 Å². The summed E-state index contributed by atoms with van der Waals surface area (Å²) in [6.07, 6.45) is 1.36. The van der Waals surface area contributed by atoms with Gasteiger partial charge in [-0.25, -0.2) is 4.79 Å². The van der Waals surface area contributed by atoms with Crippen molar-refractivity contribution < 1.29 is 4.79 Å². The van der Waals surface area contributed by atoms with Gasteiger partial charge in [0.1, 0.15) is 5.54 Å². The highest BCUT2D eigenvalue weighted by atomic mass is 16.2. The van der Waals surface area contributed by atoms with Crippen LogP contribution in [-0.4, -0.2) is 42.1 Å². The van der Waals surface area contributed by atoms with Crippen LogP contribution in [0.5, 0.6) is 0 Å². The number of likely N-dealkylation sites (tertiary alicyclic amines) is 1. The average Bonchev–Trinajstić information content (AvgIpc) is 2.19. The lowest BCUT2D eigenvalue weighted by Gasteiger charge is -2.36. The Kier molecular flexibility index (Phi) is 3.99. The van der Waals surface area contributed by atoms with Gasteiger partial charge in [0.15, 0.2) is 0 Å². The first-order valence-corrected chi connectivity index (χ1v) is 5.96. The summed E-state index contributed by atoms with van der Waals surface area (Å²) in [6.45, 7) is 7.42. The van der Waals surface area contributed by atoms with Crippen LogP contribution in [0.2, 0.25) is 0 Å². The van der Waals surface area contributed by atoms with Crippen LogP contribution >= 0.6 is 0 Å². The van der Waals surface area contributed by atoms with Gasteiger partial charge in [-0.1, -0.05) is 0 Å². The number of rotatable bonds is 1. The predicted molar refractivity (Wildman–Crippen MR) is 66.5 cm³/mol. The first-order valence-electron chi connectivity index (χ1n) is 5.96. The van der Waals surface area contributed by atoms with Crippen LogP contribution in [-0.2, 0) is 0 Å². The fourth-order valence-corrected chi connectivity index (χ4v) is 1.85. The molecule has 5 heteroatoms. The highest BCUT2D eigenvalue weighted by molar-refractivity contribution is 5.76. The van der Waals surface area contributed by atoms with Gasteiger partial charge < -0.3 is 15.5 Å². The minimum atomic E-state index is -0.707. The topological polar surface area (TPSA) is 68.2 Å². The van der Waals surface area contributed by atoms with Crippen molar-refractivity contribution in [3.05, 3.63) is 0 Å². The Bertz CT molecular complexity index is 318. The summed E-state index contributed by atoms with van der Waals surface area (Å²) in [7, 11) is 2.02. The summed E-state index contributed by atoms with van der Waals surface area (Å²) in [5.74, 6) is 0. The molecule has 1 aliphatic heterocycles. The van der Waals surface area contributed by atoms with Crippen molar-refractivity contribution in [2.75, 3.05) is 20.1 Å². The Morgan fingerprint density at radius 2 is 1.88 bits per heavy atom. The van der Waals surface area contributed by atoms with E-state index < -0.39 is 5.54 Å². The van der Waals surface area contributed by atoms with E-state index >= 15 is 0 Å². The third kappa shape index (κ3) is 4.23. The predicted octanol–water partition coefficient (Wildman–Crippen LogP) is 1.07. The number of hydrogen-bond donors (Lipinski definition) is 2. The Morgan fingerprint density at radius 3 is 2.29 bits per heavy atom. The molecule has 96 valence electrons. The lowest BCUT2D eigenvalue weighted by molar-refractivity contribution is 0.184. The van der Waals surface area contributed by atoms with Gasteiger partial charge in [0, 0.05) is 18.6 Å². The van der Waals surface area contributed by atoms with E-state index in [1.807, 2.05) is 27.8 Å². The number of piperidine rings is 1. The van der Waals surface area contributed by atoms with Crippen LogP contribution in [0, 0.1) is 11.3 Å². The Morgan fingerprint density at radius 1 is 1.35 bits per heavy atom. The molecule has 0 spiro atoms. The van der Waals surface area contributed by atoms with E-state index in [4.69, 9.17) is 0 Å². The summed E-state index contributed by atoms with van der Waals surface area (Å²) in [4.78, 5) is 14.0. The van der Waals surface area contributed by atoms with E-state index in [0.717, 1.165) is 13.1 Å². The minimum Gasteiger partial charge on any atom is -0.334 e. The molecule has 2 amide bonds. The van der Waals surface area contributed by atoms with E-state index in [1.54, 1.807) is 0 Å². The largest absolute Gasteiger partial charge is 0.334 e. The van der Waals surface area contributed by atoms with Crippen molar-refractivity contribution in [2.24, 2.45) is 0 Å². The van der Waals surface area contributed by atoms with Crippen molar-refractivity contribution in [1.82, 2.24) is 15.5 Å². The third-order valence-electron chi connectivity index (χ3n) is 2.90. The molecule has 0 saturated carbocycles. The standard InChI is InChI=1S/C12H22N4O/c1-11(2,3)14-10(17)15-12(9-13)5-7-16(4)8-6-12/h5-8H2,1-4H3,(H2,14,15,17). The molecule has 0 aliphatic carbocycles. The number of carbonyl (C=O) groups excluding carboxylic acids is 1. The second kappa shape index (κ2) is 4.92. The maximum atomic E-state index is 11.8.